The van der Waals surface area contributed by atoms with Crippen LogP contribution in [0.1, 0.15) is 55.2 Å². The summed E-state index contributed by atoms with van der Waals surface area (Å²) >= 11 is 0. The molecule has 3 aromatic rings. The van der Waals surface area contributed by atoms with Crippen molar-refractivity contribution in [3.05, 3.63) is 64.1 Å². The molecule has 2 aliphatic rings. The lowest BCUT2D eigenvalue weighted by Gasteiger charge is -2.26. The highest BCUT2D eigenvalue weighted by atomic mass is 16.5. The van der Waals surface area contributed by atoms with Crippen molar-refractivity contribution in [2.75, 3.05) is 19.8 Å². The van der Waals surface area contributed by atoms with Crippen molar-refractivity contribution in [2.24, 2.45) is 5.92 Å². The number of nitrogens with zero attached hydrogens (tertiary/aromatic N) is 3. The summed E-state index contributed by atoms with van der Waals surface area (Å²) in [7, 11) is 0. The van der Waals surface area contributed by atoms with Gasteiger partial charge in [-0.3, -0.25) is 9.59 Å². The van der Waals surface area contributed by atoms with Crippen LogP contribution >= 0.6 is 0 Å². The van der Waals surface area contributed by atoms with Gasteiger partial charge in [-0.2, -0.15) is 5.10 Å². The molecule has 1 amide bonds. The monoisotopic (exact) mass is 447 g/mol. The van der Waals surface area contributed by atoms with Gasteiger partial charge in [-0.1, -0.05) is 38.1 Å². The molecule has 172 valence electrons. The average molecular weight is 448 g/mol. The van der Waals surface area contributed by atoms with E-state index < -0.39 is 0 Å². The van der Waals surface area contributed by atoms with Crippen LogP contribution in [0.25, 0.3) is 10.8 Å². The van der Waals surface area contributed by atoms with Gasteiger partial charge in [0.1, 0.15) is 0 Å². The second-order valence-electron chi connectivity index (χ2n) is 9.19. The molecular weight excluding hydrogens is 418 g/mol. The molecule has 0 saturated carbocycles. The molecule has 5 rings (SSSR count). The molecule has 3 heterocycles. The number of carbonyl (C=O) groups excluding carboxylic acids is 1. The van der Waals surface area contributed by atoms with Gasteiger partial charge in [-0.15, -0.1) is 0 Å². The standard InChI is InChI=1S/C26H29N3O4/c1-17(2)16-29-25(30)20-8-4-3-7-19(20)24(27-29)26(31)28-12-5-9-21(28)18-10-11-22-23(15-18)33-14-6-13-32-22/h3-4,7-8,10-11,15,17,21H,5-6,9,12-14,16H2,1-2H3/t21-/m1/s1. The number of ether oxygens (including phenoxy) is 2. The Morgan fingerprint density at radius 2 is 1.82 bits per heavy atom. The van der Waals surface area contributed by atoms with Crippen LogP contribution < -0.4 is 15.0 Å². The lowest BCUT2D eigenvalue weighted by atomic mass is 10.0. The van der Waals surface area contributed by atoms with E-state index in [9.17, 15) is 9.59 Å². The lowest BCUT2D eigenvalue weighted by Crippen LogP contribution is -2.34. The zero-order valence-electron chi connectivity index (χ0n) is 19.1. The van der Waals surface area contributed by atoms with Gasteiger partial charge in [0.25, 0.3) is 11.5 Å². The number of carbonyl (C=O) groups is 1. The number of aromatic nitrogens is 2. The number of hydrogen-bond donors (Lipinski definition) is 0. The van der Waals surface area contributed by atoms with Gasteiger partial charge >= 0.3 is 0 Å². The van der Waals surface area contributed by atoms with Crippen LogP contribution in [0.15, 0.2) is 47.3 Å². The maximum atomic E-state index is 13.8. The fraction of sp³-hybridized carbons (Fsp3) is 0.423. The number of amides is 1. The molecule has 2 aliphatic heterocycles. The van der Waals surface area contributed by atoms with Crippen molar-refractivity contribution in [2.45, 2.75) is 45.7 Å². The fourth-order valence-corrected chi connectivity index (χ4v) is 4.74. The van der Waals surface area contributed by atoms with E-state index in [0.717, 1.165) is 36.3 Å². The Kier molecular flexibility index (Phi) is 5.79. The number of rotatable bonds is 4. The van der Waals surface area contributed by atoms with Crippen LogP contribution in [0.3, 0.4) is 0 Å². The molecule has 0 radical (unpaired) electrons. The lowest BCUT2D eigenvalue weighted by molar-refractivity contribution is 0.0728. The topological polar surface area (TPSA) is 73.7 Å². The predicted molar refractivity (Wildman–Crippen MR) is 126 cm³/mol. The van der Waals surface area contributed by atoms with Gasteiger partial charge in [-0.05, 0) is 42.5 Å². The number of hydrogen-bond acceptors (Lipinski definition) is 5. The zero-order chi connectivity index (χ0) is 22.9. The van der Waals surface area contributed by atoms with Crippen LogP contribution in [0.2, 0.25) is 0 Å². The molecule has 33 heavy (non-hydrogen) atoms. The van der Waals surface area contributed by atoms with E-state index in [1.54, 1.807) is 6.07 Å². The highest BCUT2D eigenvalue weighted by Gasteiger charge is 2.33. The van der Waals surface area contributed by atoms with Crippen LogP contribution in [-0.4, -0.2) is 40.3 Å². The van der Waals surface area contributed by atoms with Crippen molar-refractivity contribution >= 4 is 16.7 Å². The van der Waals surface area contributed by atoms with E-state index in [2.05, 4.69) is 5.10 Å². The maximum Gasteiger partial charge on any atom is 0.275 e. The molecule has 0 spiro atoms. The molecule has 2 aromatic carbocycles. The first-order chi connectivity index (χ1) is 16.0. The minimum atomic E-state index is -0.156. The van der Waals surface area contributed by atoms with Crippen LogP contribution in [0.5, 0.6) is 11.5 Å². The summed E-state index contributed by atoms with van der Waals surface area (Å²) < 4.78 is 13.1. The summed E-state index contributed by atoms with van der Waals surface area (Å²) in [6.07, 6.45) is 2.63. The summed E-state index contributed by atoms with van der Waals surface area (Å²) in [6.45, 7) is 6.45. The van der Waals surface area contributed by atoms with E-state index in [1.165, 1.54) is 4.68 Å². The van der Waals surface area contributed by atoms with E-state index in [1.807, 2.05) is 55.1 Å². The third-order valence-corrected chi connectivity index (χ3v) is 6.28. The zero-order valence-corrected chi connectivity index (χ0v) is 19.1. The fourth-order valence-electron chi connectivity index (χ4n) is 4.74. The molecular formula is C26H29N3O4. The number of fused-ring (bicyclic) bond motifs is 2. The Bertz CT molecular complexity index is 1250. The summed E-state index contributed by atoms with van der Waals surface area (Å²) in [5.74, 6) is 1.58. The van der Waals surface area contributed by atoms with E-state index in [0.29, 0.717) is 42.8 Å². The molecule has 1 fully saturated rings. The normalized spacial score (nSPS) is 18.0. The minimum absolute atomic E-state index is 0.0688. The largest absolute Gasteiger partial charge is 0.490 e. The number of benzene rings is 2. The van der Waals surface area contributed by atoms with Crippen molar-refractivity contribution in [1.29, 1.82) is 0 Å². The van der Waals surface area contributed by atoms with Crippen LogP contribution in [0.4, 0.5) is 0 Å². The molecule has 0 bridgehead atoms. The van der Waals surface area contributed by atoms with Gasteiger partial charge < -0.3 is 14.4 Å². The summed E-state index contributed by atoms with van der Waals surface area (Å²) in [6, 6.07) is 13.2. The Labute approximate surface area is 192 Å². The van der Waals surface area contributed by atoms with Crippen LogP contribution in [0, 0.1) is 5.92 Å². The summed E-state index contributed by atoms with van der Waals surface area (Å²) in [5.41, 5.74) is 1.22. The highest BCUT2D eigenvalue weighted by Crippen LogP contribution is 2.38. The van der Waals surface area contributed by atoms with E-state index >= 15 is 0 Å². The van der Waals surface area contributed by atoms with Gasteiger partial charge in [0.05, 0.1) is 24.6 Å². The predicted octanol–water partition coefficient (Wildman–Crippen LogP) is 4.19. The molecule has 1 atom stereocenters. The molecule has 1 saturated heterocycles. The second-order valence-corrected chi connectivity index (χ2v) is 9.19. The SMILES string of the molecule is CC(C)Cn1nc(C(=O)N2CCC[C@@H]2c2ccc3c(c2)OCCCO3)c2ccccc2c1=O. The average Bonchev–Trinajstić information content (AvgIpc) is 3.19. The first kappa shape index (κ1) is 21.5. The Morgan fingerprint density at radius 3 is 2.61 bits per heavy atom. The van der Waals surface area contributed by atoms with Gasteiger partial charge in [-0.25, -0.2) is 4.68 Å². The number of likely N-dealkylation sites (tertiary alicyclic amines) is 1. The highest BCUT2D eigenvalue weighted by molar-refractivity contribution is 6.05. The molecule has 0 aliphatic carbocycles. The summed E-state index contributed by atoms with van der Waals surface area (Å²) in [4.78, 5) is 28.7. The van der Waals surface area contributed by atoms with Gasteiger partial charge in [0.2, 0.25) is 0 Å². The Hall–Kier alpha value is -3.35. The molecule has 0 unspecified atom stereocenters. The first-order valence-electron chi connectivity index (χ1n) is 11.7. The third kappa shape index (κ3) is 4.08. The molecule has 1 aromatic heterocycles. The smallest absolute Gasteiger partial charge is 0.275 e. The molecule has 0 N–H and O–H groups in total. The second kappa shape index (κ2) is 8.89. The van der Waals surface area contributed by atoms with E-state index in [4.69, 9.17) is 9.47 Å². The van der Waals surface area contributed by atoms with Gasteiger partial charge in [0.15, 0.2) is 17.2 Å². The van der Waals surface area contributed by atoms with Crippen molar-refractivity contribution in [1.82, 2.24) is 14.7 Å². The third-order valence-electron chi connectivity index (χ3n) is 6.28. The van der Waals surface area contributed by atoms with Crippen LogP contribution in [-0.2, 0) is 6.54 Å². The van der Waals surface area contributed by atoms with Crippen molar-refractivity contribution < 1.29 is 14.3 Å². The van der Waals surface area contributed by atoms with E-state index in [-0.39, 0.29) is 23.4 Å². The maximum absolute atomic E-state index is 13.8. The minimum Gasteiger partial charge on any atom is -0.490 e. The molecule has 7 nitrogen and oxygen atoms in total. The van der Waals surface area contributed by atoms with Crippen molar-refractivity contribution in [3.63, 3.8) is 0 Å². The quantitative estimate of drug-likeness (QED) is 0.600. The van der Waals surface area contributed by atoms with Crippen molar-refractivity contribution in [3.8, 4) is 11.5 Å². The Balaban J connectivity index is 1.53. The molecule has 7 heteroatoms. The first-order valence-corrected chi connectivity index (χ1v) is 11.7. The Morgan fingerprint density at radius 1 is 1.06 bits per heavy atom. The van der Waals surface area contributed by atoms with Gasteiger partial charge in [0, 0.05) is 24.9 Å². The summed E-state index contributed by atoms with van der Waals surface area (Å²) in [5, 5.41) is 5.70.